The van der Waals surface area contributed by atoms with Crippen LogP contribution in [0.25, 0.3) is 0 Å². The number of hydrogen-bond acceptors (Lipinski definition) is 1. The van der Waals surface area contributed by atoms with Crippen LogP contribution in [0, 0.1) is 5.92 Å². The second-order valence-corrected chi connectivity index (χ2v) is 5.30. The lowest BCUT2D eigenvalue weighted by Crippen LogP contribution is -2.17. The molecule has 0 spiro atoms. The predicted molar refractivity (Wildman–Crippen MR) is 52.1 cm³/mol. The molecule has 0 radical (unpaired) electrons. The molecule has 2 aliphatic rings. The molecule has 2 rings (SSSR count). The largest absolute Gasteiger partial charge is 0.158 e. The third kappa shape index (κ3) is 1.93. The second-order valence-electron chi connectivity index (χ2n) is 3.95. The molecule has 11 heavy (non-hydrogen) atoms. The Morgan fingerprint density at radius 3 is 2.27 bits per heavy atom. The molecule has 1 aliphatic heterocycles. The first-order chi connectivity index (χ1) is 5.47. The molecule has 1 heterocycles. The van der Waals surface area contributed by atoms with E-state index in [4.69, 9.17) is 0 Å². The Bertz CT molecular complexity index is 110. The van der Waals surface area contributed by atoms with E-state index in [9.17, 15) is 0 Å². The third-order valence-electron chi connectivity index (χ3n) is 3.14. The first kappa shape index (κ1) is 7.97. The van der Waals surface area contributed by atoms with Crippen molar-refractivity contribution in [1.29, 1.82) is 0 Å². The topological polar surface area (TPSA) is 0 Å². The summed E-state index contributed by atoms with van der Waals surface area (Å²) in [5.74, 6) is 2.55. The number of rotatable bonds is 1. The highest BCUT2D eigenvalue weighted by Crippen LogP contribution is 2.38. The minimum Gasteiger partial charge on any atom is -0.158 e. The zero-order chi connectivity index (χ0) is 7.52. The van der Waals surface area contributed by atoms with Crippen molar-refractivity contribution < 1.29 is 0 Å². The van der Waals surface area contributed by atoms with Crippen molar-refractivity contribution in [1.82, 2.24) is 0 Å². The maximum absolute atomic E-state index is 2.25. The molecule has 0 nitrogen and oxygen atoms in total. The summed E-state index contributed by atoms with van der Waals surface area (Å²) in [4.78, 5) is 0. The van der Waals surface area contributed by atoms with Gasteiger partial charge < -0.3 is 0 Å². The van der Waals surface area contributed by atoms with Crippen LogP contribution in [0.4, 0.5) is 0 Å². The average Bonchev–Trinajstić information content (AvgIpc) is 2.58. The fourth-order valence-electron chi connectivity index (χ4n) is 2.48. The first-order valence-electron chi connectivity index (χ1n) is 5.08. The van der Waals surface area contributed by atoms with Crippen LogP contribution < -0.4 is 0 Å². The molecule has 1 unspecified atom stereocenters. The Hall–Kier alpha value is 0.350. The molecule has 0 aromatic rings. The lowest BCUT2D eigenvalue weighted by atomic mass is 9.85. The van der Waals surface area contributed by atoms with Crippen molar-refractivity contribution in [3.05, 3.63) is 0 Å². The summed E-state index contributed by atoms with van der Waals surface area (Å²) in [7, 11) is 0. The SMILES string of the molecule is C1CCC(C2CCCS2)CC1. The quantitative estimate of drug-likeness (QED) is 0.580. The van der Waals surface area contributed by atoms with Gasteiger partial charge in [0.25, 0.3) is 0 Å². The highest BCUT2D eigenvalue weighted by Gasteiger charge is 2.26. The Kier molecular flexibility index (Phi) is 2.78. The van der Waals surface area contributed by atoms with Crippen LogP contribution in [0.1, 0.15) is 44.9 Å². The minimum atomic E-state index is 1.07. The Morgan fingerprint density at radius 2 is 1.64 bits per heavy atom. The summed E-state index contributed by atoms with van der Waals surface area (Å²) in [6.45, 7) is 0. The summed E-state index contributed by atoms with van der Waals surface area (Å²) >= 11 is 2.25. The molecule has 64 valence electrons. The second kappa shape index (κ2) is 3.84. The molecular formula is C10H18S. The van der Waals surface area contributed by atoms with E-state index in [0.717, 1.165) is 11.2 Å². The molecule has 0 bridgehead atoms. The maximum Gasteiger partial charge on any atom is 0.00756 e. The van der Waals surface area contributed by atoms with E-state index in [1.54, 1.807) is 0 Å². The van der Waals surface area contributed by atoms with Gasteiger partial charge in [-0.25, -0.2) is 0 Å². The van der Waals surface area contributed by atoms with E-state index in [1.807, 2.05) is 0 Å². The van der Waals surface area contributed by atoms with E-state index in [-0.39, 0.29) is 0 Å². The predicted octanol–water partition coefficient (Wildman–Crippen LogP) is 3.46. The standard InChI is InChI=1S/C10H18S/c1-2-5-9(6-3-1)10-7-4-8-11-10/h9-10H,1-8H2. The van der Waals surface area contributed by atoms with Crippen molar-refractivity contribution in [2.24, 2.45) is 5.92 Å². The van der Waals surface area contributed by atoms with Gasteiger partial charge in [0.05, 0.1) is 0 Å². The number of thioether (sulfide) groups is 1. The van der Waals surface area contributed by atoms with Crippen molar-refractivity contribution in [3.63, 3.8) is 0 Å². The summed E-state index contributed by atoms with van der Waals surface area (Å²) in [6, 6.07) is 0. The van der Waals surface area contributed by atoms with Gasteiger partial charge in [0.1, 0.15) is 0 Å². The molecule has 1 atom stereocenters. The van der Waals surface area contributed by atoms with Crippen LogP contribution in [-0.4, -0.2) is 11.0 Å². The summed E-state index contributed by atoms with van der Waals surface area (Å²) in [5.41, 5.74) is 0. The number of hydrogen-bond donors (Lipinski definition) is 0. The van der Waals surface area contributed by atoms with Gasteiger partial charge in [-0.15, -0.1) is 0 Å². The van der Waals surface area contributed by atoms with Crippen LogP contribution in [0.2, 0.25) is 0 Å². The zero-order valence-corrected chi connectivity index (χ0v) is 8.04. The Morgan fingerprint density at radius 1 is 0.818 bits per heavy atom. The van der Waals surface area contributed by atoms with Gasteiger partial charge in [0.2, 0.25) is 0 Å². The molecule has 0 aromatic carbocycles. The molecule has 1 aliphatic carbocycles. The van der Waals surface area contributed by atoms with E-state index < -0.39 is 0 Å². The van der Waals surface area contributed by atoms with Gasteiger partial charge in [-0.1, -0.05) is 19.3 Å². The van der Waals surface area contributed by atoms with Gasteiger partial charge in [0, 0.05) is 5.25 Å². The van der Waals surface area contributed by atoms with Crippen LogP contribution in [0.15, 0.2) is 0 Å². The molecule has 2 fully saturated rings. The molecule has 0 amide bonds. The van der Waals surface area contributed by atoms with E-state index >= 15 is 0 Å². The molecule has 1 saturated carbocycles. The summed E-state index contributed by atoms with van der Waals surface area (Å²) < 4.78 is 0. The van der Waals surface area contributed by atoms with Crippen LogP contribution in [0.5, 0.6) is 0 Å². The van der Waals surface area contributed by atoms with Gasteiger partial charge in [0.15, 0.2) is 0 Å². The Balaban J connectivity index is 1.82. The first-order valence-corrected chi connectivity index (χ1v) is 6.13. The third-order valence-corrected chi connectivity index (χ3v) is 4.71. The van der Waals surface area contributed by atoms with Crippen molar-refractivity contribution >= 4 is 11.8 Å². The fourth-order valence-corrected chi connectivity index (χ4v) is 3.99. The monoisotopic (exact) mass is 170 g/mol. The smallest absolute Gasteiger partial charge is 0.00756 e. The molecule has 1 saturated heterocycles. The van der Waals surface area contributed by atoms with Crippen LogP contribution in [0.3, 0.4) is 0 Å². The highest BCUT2D eigenvalue weighted by molar-refractivity contribution is 8.00. The van der Waals surface area contributed by atoms with E-state index in [0.29, 0.717) is 0 Å². The lowest BCUT2D eigenvalue weighted by molar-refractivity contribution is 0.345. The van der Waals surface area contributed by atoms with Gasteiger partial charge in [-0.3, -0.25) is 0 Å². The zero-order valence-electron chi connectivity index (χ0n) is 7.22. The minimum absolute atomic E-state index is 1.07. The van der Waals surface area contributed by atoms with E-state index in [1.165, 1.54) is 50.7 Å². The average molecular weight is 170 g/mol. The molecular weight excluding hydrogens is 152 g/mol. The van der Waals surface area contributed by atoms with Crippen molar-refractivity contribution in [2.45, 2.75) is 50.2 Å². The molecule has 0 N–H and O–H groups in total. The van der Waals surface area contributed by atoms with Crippen molar-refractivity contribution in [2.75, 3.05) is 5.75 Å². The van der Waals surface area contributed by atoms with E-state index in [2.05, 4.69) is 11.8 Å². The molecule has 1 heteroatoms. The van der Waals surface area contributed by atoms with Gasteiger partial charge in [-0.05, 0) is 37.4 Å². The lowest BCUT2D eigenvalue weighted by Gasteiger charge is -2.26. The molecule has 0 aromatic heterocycles. The maximum atomic E-state index is 2.25. The van der Waals surface area contributed by atoms with Crippen LogP contribution >= 0.6 is 11.8 Å². The van der Waals surface area contributed by atoms with Crippen LogP contribution in [-0.2, 0) is 0 Å². The van der Waals surface area contributed by atoms with Gasteiger partial charge >= 0.3 is 0 Å². The Labute approximate surface area is 74.1 Å². The summed E-state index contributed by atoms with van der Waals surface area (Å²) in [6.07, 6.45) is 10.6. The van der Waals surface area contributed by atoms with Gasteiger partial charge in [-0.2, -0.15) is 11.8 Å². The fraction of sp³-hybridized carbons (Fsp3) is 1.00. The summed E-state index contributed by atoms with van der Waals surface area (Å²) in [5, 5.41) is 1.07. The normalized spacial score (nSPS) is 34.4. The highest BCUT2D eigenvalue weighted by atomic mass is 32.2. The van der Waals surface area contributed by atoms with Crippen molar-refractivity contribution in [3.8, 4) is 0 Å².